The van der Waals surface area contributed by atoms with E-state index >= 15 is 0 Å². The van der Waals surface area contributed by atoms with Gasteiger partial charge in [-0.25, -0.2) is 0 Å². The Labute approximate surface area is 281 Å². The van der Waals surface area contributed by atoms with E-state index in [1.165, 1.54) is 5.56 Å². The Bertz CT molecular complexity index is 1680. The highest BCUT2D eigenvalue weighted by Gasteiger charge is 2.49. The van der Waals surface area contributed by atoms with E-state index in [1.807, 2.05) is 37.3 Å². The van der Waals surface area contributed by atoms with Gasteiger partial charge in [-0.05, 0) is 82.3 Å². The van der Waals surface area contributed by atoms with Gasteiger partial charge < -0.3 is 14.4 Å². The monoisotopic (exact) mass is 681 g/mol. The van der Waals surface area contributed by atoms with Crippen LogP contribution in [0.3, 0.4) is 0 Å². The average Bonchev–Trinajstić information content (AvgIpc) is 2.97. The summed E-state index contributed by atoms with van der Waals surface area (Å²) < 4.78 is 13.3. The average molecular weight is 683 g/mol. The van der Waals surface area contributed by atoms with Crippen LogP contribution in [0.1, 0.15) is 88.5 Å². The summed E-state index contributed by atoms with van der Waals surface area (Å²) in [6.07, 6.45) is 2.42. The maximum Gasteiger partial charge on any atom is 0.175 e. The number of aryl methyl sites for hydroxylation is 1. The lowest BCUT2D eigenvalue weighted by atomic mass is 9.63. The standard InChI is InChI=1S/C40H44BrNO4/c1-7-45-34-18-28(17-29(41)38(34)46-24-27-15-13-25(2)14-16-27)35-36-30(19-39(3,4)21-32(36)43)42(23-26-11-9-8-10-12-26)31-20-40(5,6)22-33(44)37(31)35/h8-18,35H,7,19-24H2,1-6H3. The topological polar surface area (TPSA) is 55.8 Å². The van der Waals surface area contributed by atoms with Crippen LogP contribution in [0.5, 0.6) is 11.5 Å². The van der Waals surface area contributed by atoms with Crippen LogP contribution in [0.15, 0.2) is 93.7 Å². The quantitative estimate of drug-likeness (QED) is 0.237. The number of ether oxygens (including phenoxy) is 2. The van der Waals surface area contributed by atoms with Crippen molar-refractivity contribution in [3.8, 4) is 11.5 Å². The zero-order valence-electron chi connectivity index (χ0n) is 27.8. The maximum absolute atomic E-state index is 14.3. The number of carbonyl (C=O) groups is 2. The highest BCUT2D eigenvalue weighted by atomic mass is 79.9. The van der Waals surface area contributed by atoms with Gasteiger partial charge in [0.25, 0.3) is 0 Å². The van der Waals surface area contributed by atoms with Crippen LogP contribution in [0.25, 0.3) is 0 Å². The lowest BCUT2D eigenvalue weighted by molar-refractivity contribution is -0.119. The summed E-state index contributed by atoms with van der Waals surface area (Å²) in [5, 5.41) is 0. The van der Waals surface area contributed by atoms with Gasteiger partial charge in [-0.2, -0.15) is 0 Å². The summed E-state index contributed by atoms with van der Waals surface area (Å²) in [6.45, 7) is 14.2. The smallest absolute Gasteiger partial charge is 0.175 e. The van der Waals surface area contributed by atoms with Crippen molar-refractivity contribution in [1.29, 1.82) is 0 Å². The molecule has 0 saturated heterocycles. The highest BCUT2D eigenvalue weighted by molar-refractivity contribution is 9.10. The van der Waals surface area contributed by atoms with E-state index in [4.69, 9.17) is 9.47 Å². The molecule has 1 aliphatic heterocycles. The second kappa shape index (κ2) is 12.5. The Hall–Kier alpha value is -3.64. The molecule has 6 rings (SSSR count). The highest BCUT2D eigenvalue weighted by Crippen LogP contribution is 2.56. The Balaban J connectivity index is 1.51. The molecule has 0 N–H and O–H groups in total. The van der Waals surface area contributed by atoms with Crippen molar-refractivity contribution in [2.45, 2.75) is 86.3 Å². The minimum absolute atomic E-state index is 0.118. The number of Topliss-reactive ketones (excluding diaryl/α,β-unsaturated/α-hetero) is 2. The Morgan fingerprint density at radius 3 is 1.93 bits per heavy atom. The van der Waals surface area contributed by atoms with Crippen LogP contribution in [0.2, 0.25) is 0 Å². The lowest BCUT2D eigenvalue weighted by Gasteiger charge is -2.49. The number of carbonyl (C=O) groups excluding carboxylic acids is 2. The van der Waals surface area contributed by atoms with E-state index in [-0.39, 0.29) is 22.4 Å². The van der Waals surface area contributed by atoms with Crippen molar-refractivity contribution in [3.05, 3.63) is 116 Å². The van der Waals surface area contributed by atoms with Gasteiger partial charge in [0.2, 0.25) is 0 Å². The number of hydrogen-bond acceptors (Lipinski definition) is 5. The molecule has 3 aromatic rings. The fraction of sp³-hybridized carbons (Fsp3) is 0.400. The van der Waals surface area contributed by atoms with Crippen molar-refractivity contribution in [2.75, 3.05) is 6.61 Å². The molecule has 6 heteroatoms. The molecule has 0 unspecified atom stereocenters. The molecule has 3 aliphatic rings. The van der Waals surface area contributed by atoms with E-state index in [2.05, 4.69) is 91.8 Å². The van der Waals surface area contributed by atoms with Crippen LogP contribution in [-0.2, 0) is 22.7 Å². The molecule has 0 spiro atoms. The lowest BCUT2D eigenvalue weighted by Crippen LogP contribution is -2.44. The molecule has 3 aromatic carbocycles. The molecule has 0 amide bonds. The van der Waals surface area contributed by atoms with Gasteiger partial charge in [-0.15, -0.1) is 0 Å². The van der Waals surface area contributed by atoms with Crippen molar-refractivity contribution >= 4 is 27.5 Å². The number of hydrogen-bond donors (Lipinski definition) is 0. The third-order valence-corrected chi connectivity index (χ3v) is 9.96. The van der Waals surface area contributed by atoms with Gasteiger partial charge in [0.1, 0.15) is 6.61 Å². The molecule has 2 aliphatic carbocycles. The fourth-order valence-corrected chi connectivity index (χ4v) is 7.91. The first kappa shape index (κ1) is 32.3. The number of nitrogens with zero attached hydrogens (tertiary/aromatic N) is 1. The van der Waals surface area contributed by atoms with Gasteiger partial charge in [0, 0.05) is 47.8 Å². The summed E-state index contributed by atoms with van der Waals surface area (Å²) in [5.74, 6) is 0.982. The van der Waals surface area contributed by atoms with Crippen molar-refractivity contribution in [1.82, 2.24) is 4.90 Å². The maximum atomic E-state index is 14.3. The zero-order chi connectivity index (χ0) is 32.8. The molecule has 0 fully saturated rings. The number of benzene rings is 3. The van der Waals surface area contributed by atoms with Crippen LogP contribution in [0.4, 0.5) is 0 Å². The fourth-order valence-electron chi connectivity index (χ4n) is 7.34. The number of halogens is 1. The summed E-state index contributed by atoms with van der Waals surface area (Å²) in [6, 6.07) is 22.7. The Morgan fingerprint density at radius 1 is 0.783 bits per heavy atom. The minimum Gasteiger partial charge on any atom is -0.490 e. The number of ketones is 2. The van der Waals surface area contributed by atoms with Crippen molar-refractivity contribution < 1.29 is 19.1 Å². The predicted molar refractivity (Wildman–Crippen MR) is 186 cm³/mol. The normalized spacial score (nSPS) is 19.2. The molecule has 46 heavy (non-hydrogen) atoms. The first-order valence-electron chi connectivity index (χ1n) is 16.3. The molecule has 0 saturated carbocycles. The molecule has 0 radical (unpaired) electrons. The number of allylic oxidation sites excluding steroid dienone is 4. The first-order valence-corrected chi connectivity index (χ1v) is 17.1. The Kier molecular flexibility index (Phi) is 8.79. The first-order chi connectivity index (χ1) is 21.9. The van der Waals surface area contributed by atoms with Crippen molar-refractivity contribution in [3.63, 3.8) is 0 Å². The van der Waals surface area contributed by atoms with Crippen LogP contribution in [-0.4, -0.2) is 23.1 Å². The molecule has 0 atom stereocenters. The third kappa shape index (κ3) is 6.46. The van der Waals surface area contributed by atoms with Crippen LogP contribution < -0.4 is 9.47 Å². The van der Waals surface area contributed by atoms with Crippen molar-refractivity contribution in [2.24, 2.45) is 10.8 Å². The van der Waals surface area contributed by atoms with Gasteiger partial charge >= 0.3 is 0 Å². The Morgan fingerprint density at radius 2 is 1.37 bits per heavy atom. The SMILES string of the molecule is CCOc1cc(C2C3=C(CC(C)(C)CC3=O)N(Cc3ccccc3)C3=C2C(=O)CC(C)(C)C3)cc(Br)c1OCc1ccc(C)cc1. The van der Waals surface area contributed by atoms with E-state index in [0.29, 0.717) is 44.1 Å². The summed E-state index contributed by atoms with van der Waals surface area (Å²) >= 11 is 3.80. The molecule has 240 valence electrons. The van der Waals surface area contributed by atoms with Crippen LogP contribution in [0, 0.1) is 17.8 Å². The largest absolute Gasteiger partial charge is 0.490 e. The third-order valence-electron chi connectivity index (χ3n) is 9.37. The molecular formula is C40H44BrNO4. The van der Waals surface area contributed by atoms with Gasteiger partial charge in [0.15, 0.2) is 23.1 Å². The number of rotatable bonds is 8. The predicted octanol–water partition coefficient (Wildman–Crippen LogP) is 9.62. The summed E-state index contributed by atoms with van der Waals surface area (Å²) in [5.41, 5.74) is 7.52. The molecule has 0 aromatic heterocycles. The van der Waals surface area contributed by atoms with E-state index in [1.54, 1.807) is 0 Å². The zero-order valence-corrected chi connectivity index (χ0v) is 29.4. The minimum atomic E-state index is -0.467. The van der Waals surface area contributed by atoms with E-state index in [9.17, 15) is 9.59 Å². The van der Waals surface area contributed by atoms with Gasteiger partial charge in [0.05, 0.1) is 11.1 Å². The van der Waals surface area contributed by atoms with Gasteiger partial charge in [-0.3, -0.25) is 9.59 Å². The second-order valence-corrected chi connectivity index (χ2v) is 15.5. The molecular weight excluding hydrogens is 638 g/mol. The van der Waals surface area contributed by atoms with Gasteiger partial charge in [-0.1, -0.05) is 87.9 Å². The molecule has 0 bridgehead atoms. The summed E-state index contributed by atoms with van der Waals surface area (Å²) in [4.78, 5) is 30.9. The van der Waals surface area contributed by atoms with E-state index < -0.39 is 5.92 Å². The second-order valence-electron chi connectivity index (χ2n) is 14.6. The summed E-state index contributed by atoms with van der Waals surface area (Å²) in [7, 11) is 0. The van der Waals surface area contributed by atoms with E-state index in [0.717, 1.165) is 56.5 Å². The molecule has 1 heterocycles. The molecule has 5 nitrogen and oxygen atoms in total. The van der Waals surface area contributed by atoms with Crippen LogP contribution >= 0.6 is 15.9 Å².